The van der Waals surface area contributed by atoms with Crippen LogP contribution in [0.4, 0.5) is 0 Å². The molecule has 0 radical (unpaired) electrons. The first-order valence-corrected chi connectivity index (χ1v) is 8.95. The summed E-state index contributed by atoms with van der Waals surface area (Å²) in [4.78, 5) is 0.961. The van der Waals surface area contributed by atoms with Gasteiger partial charge in [0.25, 0.3) is 0 Å². The molecule has 5 nitrogen and oxygen atoms in total. The predicted octanol–water partition coefficient (Wildman–Crippen LogP) is 2.86. The van der Waals surface area contributed by atoms with Crippen molar-refractivity contribution >= 4 is 21.4 Å². The van der Waals surface area contributed by atoms with Crippen molar-refractivity contribution in [2.45, 2.75) is 24.6 Å². The molecule has 7 heteroatoms. The summed E-state index contributed by atoms with van der Waals surface area (Å²) >= 11 is 1.25. The van der Waals surface area contributed by atoms with Gasteiger partial charge in [0.2, 0.25) is 10.0 Å². The van der Waals surface area contributed by atoms with Crippen molar-refractivity contribution in [3.63, 3.8) is 0 Å². The van der Waals surface area contributed by atoms with Gasteiger partial charge in [-0.1, -0.05) is 0 Å². The van der Waals surface area contributed by atoms with Crippen LogP contribution in [-0.2, 0) is 16.6 Å². The lowest BCUT2D eigenvalue weighted by Gasteiger charge is -2.13. The van der Waals surface area contributed by atoms with Gasteiger partial charge < -0.3 is 9.47 Å². The summed E-state index contributed by atoms with van der Waals surface area (Å²) in [6, 6.07) is 7.03. The molecule has 0 atom stereocenters. The first-order valence-electron chi connectivity index (χ1n) is 6.65. The minimum atomic E-state index is -3.49. The third-order valence-electron chi connectivity index (χ3n) is 3.28. The second-order valence-corrected chi connectivity index (χ2v) is 8.11. The van der Waals surface area contributed by atoms with E-state index in [2.05, 4.69) is 4.72 Å². The Kier molecular flexibility index (Phi) is 5.10. The fourth-order valence-corrected chi connectivity index (χ4v) is 4.35. The maximum atomic E-state index is 12.3. The Balaban J connectivity index is 2.21. The molecule has 0 aliphatic rings. The maximum Gasteiger partial charge on any atom is 0.250 e. The minimum Gasteiger partial charge on any atom is -0.493 e. The highest BCUT2D eigenvalue weighted by Gasteiger charge is 2.17. The summed E-state index contributed by atoms with van der Waals surface area (Å²) < 4.78 is 37.9. The zero-order chi connectivity index (χ0) is 16.3. The van der Waals surface area contributed by atoms with Crippen molar-refractivity contribution in [3.8, 4) is 11.5 Å². The fraction of sp³-hybridized carbons (Fsp3) is 0.333. The lowest BCUT2D eigenvalue weighted by molar-refractivity contribution is 0.354. The maximum absolute atomic E-state index is 12.3. The first-order chi connectivity index (χ1) is 10.4. The number of sulfonamides is 1. The molecule has 1 heterocycles. The van der Waals surface area contributed by atoms with Gasteiger partial charge in [0.15, 0.2) is 11.5 Å². The van der Waals surface area contributed by atoms with Crippen molar-refractivity contribution in [1.29, 1.82) is 0 Å². The lowest BCUT2D eigenvalue weighted by atomic mass is 10.1. The number of rotatable bonds is 6. The average molecular weight is 341 g/mol. The van der Waals surface area contributed by atoms with Crippen molar-refractivity contribution < 1.29 is 17.9 Å². The van der Waals surface area contributed by atoms with Crippen molar-refractivity contribution in [2.75, 3.05) is 14.2 Å². The van der Waals surface area contributed by atoms with Crippen LogP contribution in [0.2, 0.25) is 0 Å². The zero-order valence-electron chi connectivity index (χ0n) is 13.0. The summed E-state index contributed by atoms with van der Waals surface area (Å²) in [6.07, 6.45) is 0. The molecular weight excluding hydrogens is 322 g/mol. The van der Waals surface area contributed by atoms with E-state index in [-0.39, 0.29) is 6.54 Å². The molecule has 120 valence electrons. The van der Waals surface area contributed by atoms with Crippen LogP contribution >= 0.6 is 11.3 Å². The number of ether oxygens (including phenoxy) is 2. The van der Waals surface area contributed by atoms with Crippen molar-refractivity contribution in [2.24, 2.45) is 0 Å². The third kappa shape index (κ3) is 3.60. The summed E-state index contributed by atoms with van der Waals surface area (Å²) in [5.74, 6) is 1.20. The van der Waals surface area contributed by atoms with Crippen molar-refractivity contribution in [3.05, 3.63) is 40.3 Å². The van der Waals surface area contributed by atoms with E-state index in [9.17, 15) is 8.42 Å². The molecule has 0 saturated heterocycles. The van der Waals surface area contributed by atoms with Gasteiger partial charge >= 0.3 is 0 Å². The van der Waals surface area contributed by atoms with Gasteiger partial charge in [0, 0.05) is 11.4 Å². The summed E-state index contributed by atoms with van der Waals surface area (Å²) in [6.45, 7) is 3.98. The number of nitrogens with one attached hydrogen (secondary N) is 1. The molecule has 0 aliphatic carbocycles. The van der Waals surface area contributed by atoms with Gasteiger partial charge in [-0.3, -0.25) is 0 Å². The number of methoxy groups -OCH3 is 2. The molecule has 0 spiro atoms. The van der Waals surface area contributed by atoms with Gasteiger partial charge in [-0.05, 0) is 49.2 Å². The molecule has 0 unspecified atom stereocenters. The standard InChI is InChI=1S/C15H19NO4S2/c1-10-7-13(19-3)14(20-4)8-12(10)9-16-22(17,18)15-6-5-11(2)21-15/h5-8,16H,9H2,1-4H3. The number of hydrogen-bond acceptors (Lipinski definition) is 5. The molecule has 0 amide bonds. The molecule has 2 aromatic rings. The highest BCUT2D eigenvalue weighted by Crippen LogP contribution is 2.30. The normalized spacial score (nSPS) is 11.5. The largest absolute Gasteiger partial charge is 0.493 e. The van der Waals surface area contributed by atoms with Crippen LogP contribution < -0.4 is 14.2 Å². The van der Waals surface area contributed by atoms with Crippen LogP contribution in [0.5, 0.6) is 11.5 Å². The molecule has 2 rings (SSSR count). The fourth-order valence-electron chi connectivity index (χ4n) is 2.01. The lowest BCUT2D eigenvalue weighted by Crippen LogP contribution is -2.22. The quantitative estimate of drug-likeness (QED) is 0.877. The Morgan fingerprint density at radius 1 is 1.09 bits per heavy atom. The number of hydrogen-bond donors (Lipinski definition) is 1. The number of aryl methyl sites for hydroxylation is 2. The topological polar surface area (TPSA) is 64.6 Å². The Morgan fingerprint density at radius 2 is 1.73 bits per heavy atom. The Morgan fingerprint density at radius 3 is 2.27 bits per heavy atom. The molecule has 0 fully saturated rings. The summed E-state index contributed by atoms with van der Waals surface area (Å²) in [5.41, 5.74) is 1.78. The SMILES string of the molecule is COc1cc(C)c(CNS(=O)(=O)c2ccc(C)s2)cc1OC. The molecule has 0 aliphatic heterocycles. The van der Waals surface area contributed by atoms with Gasteiger partial charge in [0.05, 0.1) is 14.2 Å². The minimum absolute atomic E-state index is 0.200. The first kappa shape index (κ1) is 16.8. The van der Waals surface area contributed by atoms with E-state index in [1.807, 2.05) is 19.9 Å². The molecule has 1 N–H and O–H groups in total. The molecule has 1 aromatic heterocycles. The Bertz CT molecular complexity index is 766. The van der Waals surface area contributed by atoms with E-state index in [1.54, 1.807) is 32.4 Å². The monoisotopic (exact) mass is 341 g/mol. The van der Waals surface area contributed by atoms with Gasteiger partial charge in [-0.15, -0.1) is 11.3 Å². The van der Waals surface area contributed by atoms with E-state index in [0.717, 1.165) is 16.0 Å². The second-order valence-electron chi connectivity index (χ2n) is 4.82. The highest BCUT2D eigenvalue weighted by atomic mass is 32.2. The van der Waals surface area contributed by atoms with E-state index >= 15 is 0 Å². The molecular formula is C15H19NO4S2. The molecule has 1 aromatic carbocycles. The smallest absolute Gasteiger partial charge is 0.250 e. The number of thiophene rings is 1. The van der Waals surface area contributed by atoms with Crippen LogP contribution in [0.15, 0.2) is 28.5 Å². The van der Waals surface area contributed by atoms with Crippen LogP contribution in [0.3, 0.4) is 0 Å². The molecule has 0 bridgehead atoms. The van der Waals surface area contributed by atoms with Gasteiger partial charge in [0.1, 0.15) is 4.21 Å². The van der Waals surface area contributed by atoms with E-state index in [0.29, 0.717) is 15.7 Å². The third-order valence-corrected chi connectivity index (χ3v) is 6.17. The molecule has 0 saturated carbocycles. The Labute approximate surface area is 134 Å². The van der Waals surface area contributed by atoms with Crippen LogP contribution in [-0.4, -0.2) is 22.6 Å². The van der Waals surface area contributed by atoms with Crippen LogP contribution in [0, 0.1) is 13.8 Å². The van der Waals surface area contributed by atoms with Crippen LogP contribution in [0.1, 0.15) is 16.0 Å². The second kappa shape index (κ2) is 6.68. The van der Waals surface area contributed by atoms with E-state index in [4.69, 9.17) is 9.47 Å². The van der Waals surface area contributed by atoms with Gasteiger partial charge in [-0.2, -0.15) is 0 Å². The summed E-state index contributed by atoms with van der Waals surface area (Å²) in [7, 11) is -0.374. The van der Waals surface area contributed by atoms with Crippen molar-refractivity contribution in [1.82, 2.24) is 4.72 Å². The molecule has 22 heavy (non-hydrogen) atoms. The highest BCUT2D eigenvalue weighted by molar-refractivity contribution is 7.91. The number of benzene rings is 1. The van der Waals surface area contributed by atoms with Gasteiger partial charge in [-0.25, -0.2) is 13.1 Å². The Hall–Kier alpha value is -1.57. The predicted molar refractivity (Wildman–Crippen MR) is 87.4 cm³/mol. The zero-order valence-corrected chi connectivity index (χ0v) is 14.6. The van der Waals surface area contributed by atoms with E-state index < -0.39 is 10.0 Å². The average Bonchev–Trinajstić information content (AvgIpc) is 2.93. The van der Waals surface area contributed by atoms with E-state index in [1.165, 1.54) is 11.3 Å². The van der Waals surface area contributed by atoms with Crippen LogP contribution in [0.25, 0.3) is 0 Å². The summed E-state index contributed by atoms with van der Waals surface area (Å²) in [5, 5.41) is 0.